The third-order valence-electron chi connectivity index (χ3n) is 3.17. The van der Waals surface area contributed by atoms with Crippen LogP contribution < -0.4 is 0 Å². The molecule has 3 nitrogen and oxygen atoms in total. The molecule has 1 aliphatic heterocycles. The molecular weight excluding hydrogens is 214 g/mol. The second kappa shape index (κ2) is 5.32. The minimum absolute atomic E-state index is 0.0276. The van der Waals surface area contributed by atoms with E-state index in [-0.39, 0.29) is 12.0 Å². The summed E-state index contributed by atoms with van der Waals surface area (Å²) < 4.78 is 5.73. The van der Waals surface area contributed by atoms with Crippen LogP contribution in [0, 0.1) is 6.92 Å². The Morgan fingerprint density at radius 1 is 1.41 bits per heavy atom. The van der Waals surface area contributed by atoms with Gasteiger partial charge < -0.3 is 9.64 Å². The van der Waals surface area contributed by atoms with Gasteiger partial charge in [0.05, 0.1) is 13.2 Å². The first kappa shape index (κ1) is 12.1. The molecule has 0 aromatic heterocycles. The normalized spacial score (nSPS) is 20.4. The summed E-state index contributed by atoms with van der Waals surface area (Å²) in [5.41, 5.74) is 2.40. The Balaban J connectivity index is 2.06. The number of amides is 1. The Bertz CT molecular complexity index is 386. The van der Waals surface area contributed by atoms with Gasteiger partial charge in [0, 0.05) is 13.0 Å². The maximum atomic E-state index is 11.7. The van der Waals surface area contributed by atoms with Gasteiger partial charge in [0.25, 0.3) is 0 Å². The molecule has 0 bridgehead atoms. The highest BCUT2D eigenvalue weighted by atomic mass is 16.5. The molecule has 1 saturated heterocycles. The summed E-state index contributed by atoms with van der Waals surface area (Å²) in [7, 11) is 0. The predicted molar refractivity (Wildman–Crippen MR) is 66.7 cm³/mol. The number of aryl methyl sites for hydroxylation is 1. The zero-order valence-electron chi connectivity index (χ0n) is 10.5. The lowest BCUT2D eigenvalue weighted by atomic mass is 10.1. The van der Waals surface area contributed by atoms with Gasteiger partial charge in [0.15, 0.2) is 0 Å². The van der Waals surface area contributed by atoms with Crippen molar-refractivity contribution in [2.24, 2.45) is 0 Å². The van der Waals surface area contributed by atoms with Crippen LogP contribution in [-0.4, -0.2) is 30.5 Å². The molecule has 1 amide bonds. The van der Waals surface area contributed by atoms with E-state index in [1.807, 2.05) is 11.8 Å². The second-order valence-corrected chi connectivity index (χ2v) is 4.46. The smallest absolute Gasteiger partial charge is 0.222 e. The number of hydrogen-bond donors (Lipinski definition) is 0. The fourth-order valence-corrected chi connectivity index (χ4v) is 2.08. The molecule has 0 unspecified atom stereocenters. The SMILES string of the molecule is CCC(=O)N1CCO[C@H](c2ccc(C)cc2)C1. The average Bonchev–Trinajstić information content (AvgIpc) is 2.39. The number of morpholine rings is 1. The van der Waals surface area contributed by atoms with Crippen LogP contribution in [0.4, 0.5) is 0 Å². The number of carbonyl (C=O) groups excluding carboxylic acids is 1. The van der Waals surface area contributed by atoms with Crippen LogP contribution >= 0.6 is 0 Å². The van der Waals surface area contributed by atoms with E-state index in [0.29, 0.717) is 19.6 Å². The molecule has 0 spiro atoms. The van der Waals surface area contributed by atoms with Crippen molar-refractivity contribution in [1.29, 1.82) is 0 Å². The van der Waals surface area contributed by atoms with Crippen LogP contribution in [-0.2, 0) is 9.53 Å². The van der Waals surface area contributed by atoms with Crippen LogP contribution in [0.1, 0.15) is 30.6 Å². The highest BCUT2D eigenvalue weighted by Gasteiger charge is 2.24. The van der Waals surface area contributed by atoms with E-state index in [1.54, 1.807) is 0 Å². The first-order valence-electron chi connectivity index (χ1n) is 6.16. The van der Waals surface area contributed by atoms with E-state index in [1.165, 1.54) is 5.56 Å². The maximum Gasteiger partial charge on any atom is 0.222 e. The van der Waals surface area contributed by atoms with Gasteiger partial charge in [0.1, 0.15) is 6.10 Å². The fourth-order valence-electron chi connectivity index (χ4n) is 2.08. The van der Waals surface area contributed by atoms with Gasteiger partial charge in [-0.1, -0.05) is 36.8 Å². The number of ether oxygens (including phenoxy) is 1. The Kier molecular flexibility index (Phi) is 3.79. The summed E-state index contributed by atoms with van der Waals surface area (Å²) in [4.78, 5) is 13.6. The number of rotatable bonds is 2. The first-order chi connectivity index (χ1) is 8.20. The minimum atomic E-state index is 0.0276. The van der Waals surface area contributed by atoms with E-state index in [9.17, 15) is 4.79 Å². The van der Waals surface area contributed by atoms with Crippen molar-refractivity contribution >= 4 is 5.91 Å². The fraction of sp³-hybridized carbons (Fsp3) is 0.500. The summed E-state index contributed by atoms with van der Waals surface area (Å²) in [5.74, 6) is 0.213. The quantitative estimate of drug-likeness (QED) is 0.784. The summed E-state index contributed by atoms with van der Waals surface area (Å²) in [6.07, 6.45) is 0.598. The van der Waals surface area contributed by atoms with E-state index in [4.69, 9.17) is 4.74 Å². The summed E-state index contributed by atoms with van der Waals surface area (Å²) in [5, 5.41) is 0. The van der Waals surface area contributed by atoms with E-state index in [0.717, 1.165) is 12.1 Å². The van der Waals surface area contributed by atoms with Crippen molar-refractivity contribution in [1.82, 2.24) is 4.90 Å². The Morgan fingerprint density at radius 2 is 2.12 bits per heavy atom. The highest BCUT2D eigenvalue weighted by molar-refractivity contribution is 5.75. The van der Waals surface area contributed by atoms with Gasteiger partial charge in [-0.15, -0.1) is 0 Å². The topological polar surface area (TPSA) is 29.5 Å². The largest absolute Gasteiger partial charge is 0.370 e. The molecule has 1 aliphatic rings. The third-order valence-corrected chi connectivity index (χ3v) is 3.17. The molecule has 1 atom stereocenters. The zero-order chi connectivity index (χ0) is 12.3. The second-order valence-electron chi connectivity index (χ2n) is 4.46. The summed E-state index contributed by atoms with van der Waals surface area (Å²) in [6, 6.07) is 8.33. The monoisotopic (exact) mass is 233 g/mol. The molecule has 0 saturated carbocycles. The molecule has 17 heavy (non-hydrogen) atoms. The van der Waals surface area contributed by atoms with Gasteiger partial charge in [0.2, 0.25) is 5.91 Å². The molecule has 1 aromatic rings. The number of nitrogens with zero attached hydrogens (tertiary/aromatic N) is 1. The van der Waals surface area contributed by atoms with E-state index >= 15 is 0 Å². The highest BCUT2D eigenvalue weighted by Crippen LogP contribution is 2.22. The Hall–Kier alpha value is -1.35. The molecule has 0 N–H and O–H groups in total. The van der Waals surface area contributed by atoms with Crippen LogP contribution in [0.15, 0.2) is 24.3 Å². The minimum Gasteiger partial charge on any atom is -0.370 e. The van der Waals surface area contributed by atoms with Crippen molar-refractivity contribution in [2.45, 2.75) is 26.4 Å². The lowest BCUT2D eigenvalue weighted by molar-refractivity contribution is -0.138. The van der Waals surface area contributed by atoms with Crippen LogP contribution in [0.3, 0.4) is 0 Å². The van der Waals surface area contributed by atoms with Crippen LogP contribution in [0.5, 0.6) is 0 Å². The molecule has 1 fully saturated rings. The van der Waals surface area contributed by atoms with Crippen molar-refractivity contribution in [2.75, 3.05) is 19.7 Å². The number of carbonyl (C=O) groups is 1. The predicted octanol–water partition coefficient (Wildman–Crippen LogP) is 2.30. The summed E-state index contributed by atoms with van der Waals surface area (Å²) in [6.45, 7) is 5.99. The molecule has 1 aromatic carbocycles. The molecule has 1 heterocycles. The van der Waals surface area contributed by atoms with Crippen LogP contribution in [0.2, 0.25) is 0 Å². The van der Waals surface area contributed by atoms with Crippen molar-refractivity contribution in [3.05, 3.63) is 35.4 Å². The van der Waals surface area contributed by atoms with Crippen molar-refractivity contribution < 1.29 is 9.53 Å². The van der Waals surface area contributed by atoms with Gasteiger partial charge in [-0.2, -0.15) is 0 Å². The van der Waals surface area contributed by atoms with E-state index in [2.05, 4.69) is 31.2 Å². The standard InChI is InChI=1S/C14H19NO2/c1-3-14(16)15-8-9-17-13(10-15)12-6-4-11(2)5-7-12/h4-7,13H,3,8-10H2,1-2H3/t13-/m0/s1. The van der Waals surface area contributed by atoms with Crippen molar-refractivity contribution in [3.8, 4) is 0 Å². The molecule has 0 aliphatic carbocycles. The number of hydrogen-bond acceptors (Lipinski definition) is 2. The molecule has 92 valence electrons. The van der Waals surface area contributed by atoms with E-state index < -0.39 is 0 Å². The molecule has 0 radical (unpaired) electrons. The first-order valence-corrected chi connectivity index (χ1v) is 6.16. The lowest BCUT2D eigenvalue weighted by Crippen LogP contribution is -2.41. The van der Waals surface area contributed by atoms with Crippen molar-refractivity contribution in [3.63, 3.8) is 0 Å². The maximum absolute atomic E-state index is 11.7. The molecule has 2 rings (SSSR count). The molecular formula is C14H19NO2. The zero-order valence-corrected chi connectivity index (χ0v) is 10.5. The Labute approximate surface area is 102 Å². The average molecular weight is 233 g/mol. The summed E-state index contributed by atoms with van der Waals surface area (Å²) >= 11 is 0. The molecule has 3 heteroatoms. The number of benzene rings is 1. The van der Waals surface area contributed by atoms with Crippen LogP contribution in [0.25, 0.3) is 0 Å². The third kappa shape index (κ3) is 2.86. The van der Waals surface area contributed by atoms with Gasteiger partial charge in [-0.05, 0) is 12.5 Å². The van der Waals surface area contributed by atoms with Gasteiger partial charge in [-0.25, -0.2) is 0 Å². The Morgan fingerprint density at radius 3 is 2.76 bits per heavy atom. The van der Waals surface area contributed by atoms with Gasteiger partial charge in [-0.3, -0.25) is 4.79 Å². The van der Waals surface area contributed by atoms with Gasteiger partial charge >= 0.3 is 0 Å². The lowest BCUT2D eigenvalue weighted by Gasteiger charge is -2.33.